The Morgan fingerprint density at radius 2 is 2.00 bits per heavy atom. The van der Waals surface area contributed by atoms with Gasteiger partial charge in [-0.3, -0.25) is 4.79 Å². The number of ketones is 1. The fourth-order valence-electron chi connectivity index (χ4n) is 1.61. The number of methoxy groups -OCH3 is 2. The summed E-state index contributed by atoms with van der Waals surface area (Å²) in [4.78, 5) is 11.4. The number of nitrogens with two attached hydrogens (primary N) is 1. The van der Waals surface area contributed by atoms with Crippen LogP contribution in [0.5, 0.6) is 11.5 Å². The number of furan rings is 1. The summed E-state index contributed by atoms with van der Waals surface area (Å²) in [5.74, 6) is 1.19. The van der Waals surface area contributed by atoms with Crippen LogP contribution in [-0.2, 0) is 0 Å². The number of carbonyl (C=O) groups excluding carboxylic acids is 1. The number of hydrogen-bond acceptors (Lipinski definition) is 5. The van der Waals surface area contributed by atoms with Crippen LogP contribution in [0.1, 0.15) is 10.6 Å². The van der Waals surface area contributed by atoms with E-state index in [0.29, 0.717) is 17.1 Å². The van der Waals surface area contributed by atoms with Crippen molar-refractivity contribution in [2.75, 3.05) is 20.8 Å². The molecule has 1 aromatic heterocycles. The number of Topliss-reactive ketones (excluding diaryl/α,β-unsaturated/α-hetero) is 1. The van der Waals surface area contributed by atoms with Gasteiger partial charge in [0.25, 0.3) is 0 Å². The molecule has 1 heterocycles. The Morgan fingerprint density at radius 3 is 2.56 bits per heavy atom. The van der Waals surface area contributed by atoms with Gasteiger partial charge in [0.2, 0.25) is 5.78 Å². The van der Waals surface area contributed by atoms with E-state index in [1.807, 2.05) is 0 Å². The molecule has 98 valence electrons. The second-order valence-corrected chi connectivity index (χ2v) is 3.48. The van der Waals surface area contributed by atoms with Crippen molar-refractivity contribution in [2.45, 2.75) is 0 Å². The zero-order valence-electron chi connectivity index (χ0n) is 10.1. The number of fused-ring (bicyclic) bond motifs is 1. The smallest absolute Gasteiger partial charge is 0.211 e. The van der Waals surface area contributed by atoms with Crippen molar-refractivity contribution in [1.82, 2.24) is 0 Å². The van der Waals surface area contributed by atoms with Crippen molar-refractivity contribution in [3.63, 3.8) is 0 Å². The van der Waals surface area contributed by atoms with E-state index >= 15 is 0 Å². The first-order valence-corrected chi connectivity index (χ1v) is 5.08. The highest BCUT2D eigenvalue weighted by atomic mass is 35.5. The van der Waals surface area contributed by atoms with E-state index in [2.05, 4.69) is 0 Å². The van der Waals surface area contributed by atoms with Gasteiger partial charge in [-0.15, -0.1) is 12.4 Å². The average molecular weight is 272 g/mol. The van der Waals surface area contributed by atoms with Crippen molar-refractivity contribution < 1.29 is 18.7 Å². The van der Waals surface area contributed by atoms with Gasteiger partial charge in [-0.25, -0.2) is 0 Å². The third-order valence-corrected chi connectivity index (χ3v) is 2.49. The fraction of sp³-hybridized carbons (Fsp3) is 0.250. The molecule has 0 saturated carbocycles. The molecule has 2 rings (SSSR count). The largest absolute Gasteiger partial charge is 0.496 e. The molecule has 0 atom stereocenters. The zero-order valence-corrected chi connectivity index (χ0v) is 10.9. The maximum atomic E-state index is 11.4. The summed E-state index contributed by atoms with van der Waals surface area (Å²) in [5.41, 5.74) is 5.83. The quantitative estimate of drug-likeness (QED) is 0.861. The minimum Gasteiger partial charge on any atom is -0.496 e. The summed E-state index contributed by atoms with van der Waals surface area (Å²) in [6, 6.07) is 5.06. The van der Waals surface area contributed by atoms with Gasteiger partial charge >= 0.3 is 0 Å². The van der Waals surface area contributed by atoms with Crippen molar-refractivity contribution >= 4 is 29.2 Å². The van der Waals surface area contributed by atoms with Crippen LogP contribution >= 0.6 is 12.4 Å². The maximum Gasteiger partial charge on any atom is 0.211 e. The van der Waals surface area contributed by atoms with Crippen LogP contribution in [0.25, 0.3) is 11.0 Å². The molecule has 0 radical (unpaired) electrons. The number of halogens is 1. The third kappa shape index (κ3) is 2.42. The first-order chi connectivity index (χ1) is 8.19. The molecule has 0 unspecified atom stereocenters. The highest BCUT2D eigenvalue weighted by molar-refractivity contribution is 6.00. The Labute approximate surface area is 110 Å². The van der Waals surface area contributed by atoms with Crippen molar-refractivity contribution in [1.29, 1.82) is 0 Å². The van der Waals surface area contributed by atoms with Gasteiger partial charge in [0, 0.05) is 12.1 Å². The molecule has 0 aliphatic rings. The predicted octanol–water partition coefficient (Wildman–Crippen LogP) is 2.01. The standard InChI is InChI=1S/C12H13NO4.ClH/c1-15-7-3-10(16-2)8-5-12(9(14)6-13)17-11(8)4-7;/h3-5H,6,13H2,1-2H3;1H. The van der Waals surface area contributed by atoms with Crippen LogP contribution in [0.3, 0.4) is 0 Å². The number of carbonyl (C=O) groups is 1. The monoisotopic (exact) mass is 271 g/mol. The fourth-order valence-corrected chi connectivity index (χ4v) is 1.61. The molecule has 0 bridgehead atoms. The summed E-state index contributed by atoms with van der Waals surface area (Å²) < 4.78 is 15.7. The van der Waals surface area contributed by atoms with Crippen LogP contribution in [0.2, 0.25) is 0 Å². The Kier molecular flexibility index (Phi) is 4.58. The lowest BCUT2D eigenvalue weighted by Gasteiger charge is -2.04. The highest BCUT2D eigenvalue weighted by Gasteiger charge is 2.14. The van der Waals surface area contributed by atoms with Crippen molar-refractivity contribution in [3.05, 3.63) is 24.0 Å². The first kappa shape index (κ1) is 14.3. The molecule has 0 aliphatic heterocycles. The molecule has 0 aliphatic carbocycles. The minimum atomic E-state index is -0.248. The van der Waals surface area contributed by atoms with E-state index in [1.165, 1.54) is 0 Å². The second kappa shape index (κ2) is 5.75. The lowest BCUT2D eigenvalue weighted by Crippen LogP contribution is -2.12. The van der Waals surface area contributed by atoms with Gasteiger partial charge in [0.05, 0.1) is 26.2 Å². The summed E-state index contributed by atoms with van der Waals surface area (Å²) >= 11 is 0. The van der Waals surface area contributed by atoms with E-state index < -0.39 is 0 Å². The van der Waals surface area contributed by atoms with Crippen LogP contribution in [0.4, 0.5) is 0 Å². The van der Waals surface area contributed by atoms with E-state index in [-0.39, 0.29) is 30.5 Å². The number of hydrogen-bond donors (Lipinski definition) is 1. The van der Waals surface area contributed by atoms with E-state index in [0.717, 1.165) is 5.39 Å². The normalized spacial score (nSPS) is 9.94. The van der Waals surface area contributed by atoms with Crippen molar-refractivity contribution in [2.24, 2.45) is 5.73 Å². The topological polar surface area (TPSA) is 74.7 Å². The SMILES string of the molecule is COc1cc(OC)c2cc(C(=O)CN)oc2c1.Cl. The molecule has 2 N–H and O–H groups in total. The van der Waals surface area contributed by atoms with Crippen LogP contribution in [0.15, 0.2) is 22.6 Å². The first-order valence-electron chi connectivity index (χ1n) is 5.08. The molecular formula is C12H14ClNO4. The Morgan fingerprint density at radius 1 is 1.28 bits per heavy atom. The number of rotatable bonds is 4. The Bertz CT molecular complexity index is 564. The molecule has 1 aromatic carbocycles. The van der Waals surface area contributed by atoms with Gasteiger partial charge < -0.3 is 19.6 Å². The minimum absolute atomic E-state index is 0. The molecule has 0 amide bonds. The maximum absolute atomic E-state index is 11.4. The summed E-state index contributed by atoms with van der Waals surface area (Å²) in [6.45, 7) is -0.0841. The van der Waals surface area contributed by atoms with Gasteiger partial charge in [0.1, 0.15) is 17.1 Å². The predicted molar refractivity (Wildman–Crippen MR) is 70.0 cm³/mol. The third-order valence-electron chi connectivity index (χ3n) is 2.49. The number of benzene rings is 1. The lowest BCUT2D eigenvalue weighted by atomic mass is 10.2. The van der Waals surface area contributed by atoms with Gasteiger partial charge in [0.15, 0.2) is 5.76 Å². The van der Waals surface area contributed by atoms with Gasteiger partial charge in [-0.05, 0) is 6.07 Å². The molecule has 18 heavy (non-hydrogen) atoms. The summed E-state index contributed by atoms with van der Waals surface area (Å²) in [6.07, 6.45) is 0. The van der Waals surface area contributed by atoms with E-state index in [4.69, 9.17) is 19.6 Å². The van der Waals surface area contributed by atoms with Crippen LogP contribution < -0.4 is 15.2 Å². The van der Waals surface area contributed by atoms with Crippen molar-refractivity contribution in [3.8, 4) is 11.5 Å². The molecule has 0 saturated heterocycles. The molecule has 2 aromatic rings. The van der Waals surface area contributed by atoms with Gasteiger partial charge in [-0.1, -0.05) is 0 Å². The molecular weight excluding hydrogens is 258 g/mol. The lowest BCUT2D eigenvalue weighted by molar-refractivity contribution is 0.0977. The average Bonchev–Trinajstić information content (AvgIpc) is 2.80. The second-order valence-electron chi connectivity index (χ2n) is 3.48. The van der Waals surface area contributed by atoms with E-state index in [1.54, 1.807) is 32.4 Å². The molecule has 5 nitrogen and oxygen atoms in total. The summed E-state index contributed by atoms with van der Waals surface area (Å²) in [5, 5.41) is 0.727. The van der Waals surface area contributed by atoms with Gasteiger partial charge in [-0.2, -0.15) is 0 Å². The number of ether oxygens (including phenoxy) is 2. The molecule has 0 fully saturated rings. The highest BCUT2D eigenvalue weighted by Crippen LogP contribution is 2.33. The van der Waals surface area contributed by atoms with Crippen LogP contribution in [0, 0.1) is 0 Å². The zero-order chi connectivity index (χ0) is 12.4. The van der Waals surface area contributed by atoms with E-state index in [9.17, 15) is 4.79 Å². The Hall–Kier alpha value is -1.72. The Balaban J connectivity index is 0.00000162. The summed E-state index contributed by atoms with van der Waals surface area (Å²) in [7, 11) is 3.10. The molecule has 0 spiro atoms. The molecule has 6 heteroatoms. The van der Waals surface area contributed by atoms with Crippen LogP contribution in [-0.4, -0.2) is 26.5 Å².